The summed E-state index contributed by atoms with van der Waals surface area (Å²) in [5, 5.41) is 0. The fourth-order valence-electron chi connectivity index (χ4n) is 1.99. The third kappa shape index (κ3) is 5.61. The van der Waals surface area contributed by atoms with Crippen molar-refractivity contribution in [2.75, 3.05) is 39.0 Å². The van der Waals surface area contributed by atoms with Crippen LogP contribution in [-0.2, 0) is 14.8 Å². The van der Waals surface area contributed by atoms with E-state index in [0.717, 1.165) is 32.5 Å². The standard InChI is InChI=1S/C11H22N2O3S/c1-11(14)5-3-4-6-12-7-9-13(10-8-12)17(2,15)16/h3-10H2,1-2H3. The van der Waals surface area contributed by atoms with E-state index in [1.807, 2.05) is 0 Å². The topological polar surface area (TPSA) is 57.7 Å². The fourth-order valence-corrected chi connectivity index (χ4v) is 2.82. The molecule has 0 radical (unpaired) electrons. The van der Waals surface area contributed by atoms with Gasteiger partial charge in [0.25, 0.3) is 0 Å². The van der Waals surface area contributed by atoms with E-state index < -0.39 is 10.0 Å². The van der Waals surface area contributed by atoms with Crippen LogP contribution < -0.4 is 0 Å². The Hall–Kier alpha value is -0.460. The number of ketones is 1. The second-order valence-corrected chi connectivity index (χ2v) is 6.65. The Bertz CT molecular complexity index is 346. The minimum atomic E-state index is -3.02. The van der Waals surface area contributed by atoms with Gasteiger partial charge in [0.05, 0.1) is 6.26 Å². The summed E-state index contributed by atoms with van der Waals surface area (Å²) in [6, 6.07) is 0. The maximum absolute atomic E-state index is 11.3. The summed E-state index contributed by atoms with van der Waals surface area (Å²) in [7, 11) is -3.02. The molecule has 0 aromatic rings. The van der Waals surface area contributed by atoms with Crippen molar-refractivity contribution in [1.82, 2.24) is 9.21 Å². The molecule has 0 unspecified atom stereocenters. The highest BCUT2D eigenvalue weighted by Gasteiger charge is 2.22. The Morgan fingerprint density at radius 3 is 2.18 bits per heavy atom. The van der Waals surface area contributed by atoms with E-state index in [-0.39, 0.29) is 5.78 Å². The molecule has 17 heavy (non-hydrogen) atoms. The summed E-state index contributed by atoms with van der Waals surface area (Å²) >= 11 is 0. The number of nitrogens with zero attached hydrogens (tertiary/aromatic N) is 2. The van der Waals surface area contributed by atoms with Crippen molar-refractivity contribution in [3.05, 3.63) is 0 Å². The first-order valence-electron chi connectivity index (χ1n) is 6.06. The van der Waals surface area contributed by atoms with Gasteiger partial charge in [-0.3, -0.25) is 0 Å². The third-order valence-electron chi connectivity index (χ3n) is 3.05. The summed E-state index contributed by atoms with van der Waals surface area (Å²) in [4.78, 5) is 13.0. The van der Waals surface area contributed by atoms with E-state index in [4.69, 9.17) is 0 Å². The maximum Gasteiger partial charge on any atom is 0.211 e. The molecule has 1 saturated heterocycles. The molecule has 100 valence electrons. The lowest BCUT2D eigenvalue weighted by Gasteiger charge is -2.33. The second kappa shape index (κ2) is 6.47. The smallest absolute Gasteiger partial charge is 0.211 e. The summed E-state index contributed by atoms with van der Waals surface area (Å²) in [6.07, 6.45) is 3.86. The number of piperazine rings is 1. The van der Waals surface area contributed by atoms with Crippen molar-refractivity contribution in [2.45, 2.75) is 26.2 Å². The molecule has 0 aromatic heterocycles. The van der Waals surface area contributed by atoms with Gasteiger partial charge in [0.2, 0.25) is 10.0 Å². The van der Waals surface area contributed by atoms with Crippen LogP contribution in [0, 0.1) is 0 Å². The van der Waals surface area contributed by atoms with Crippen LogP contribution in [0.3, 0.4) is 0 Å². The van der Waals surface area contributed by atoms with E-state index >= 15 is 0 Å². The Labute approximate surface area is 104 Å². The molecule has 0 spiro atoms. The monoisotopic (exact) mass is 262 g/mol. The zero-order chi connectivity index (χ0) is 12.9. The van der Waals surface area contributed by atoms with Crippen molar-refractivity contribution in [2.24, 2.45) is 0 Å². The first-order valence-corrected chi connectivity index (χ1v) is 7.91. The van der Waals surface area contributed by atoms with Crippen molar-refractivity contribution >= 4 is 15.8 Å². The minimum Gasteiger partial charge on any atom is -0.301 e. The lowest BCUT2D eigenvalue weighted by Crippen LogP contribution is -2.48. The number of carbonyl (C=O) groups is 1. The first-order chi connectivity index (χ1) is 7.89. The van der Waals surface area contributed by atoms with Crippen LogP contribution in [0.5, 0.6) is 0 Å². The summed E-state index contributed by atoms with van der Waals surface area (Å²) in [5.41, 5.74) is 0. The SMILES string of the molecule is CC(=O)CCCCN1CCN(S(C)(=O)=O)CC1. The van der Waals surface area contributed by atoms with Crippen molar-refractivity contribution in [3.8, 4) is 0 Å². The number of Topliss-reactive ketones (excluding diaryl/α,β-unsaturated/α-hetero) is 1. The Balaban J connectivity index is 2.17. The normalized spacial score (nSPS) is 19.4. The lowest BCUT2D eigenvalue weighted by atomic mass is 10.2. The molecule has 0 N–H and O–H groups in total. The molecule has 0 amide bonds. The van der Waals surface area contributed by atoms with E-state index in [2.05, 4.69) is 4.90 Å². The average Bonchev–Trinajstić information content (AvgIpc) is 2.23. The number of unbranched alkanes of at least 4 members (excludes halogenated alkanes) is 1. The average molecular weight is 262 g/mol. The predicted octanol–water partition coefficient (Wildman–Crippen LogP) is 0.323. The molecule has 0 saturated carbocycles. The van der Waals surface area contributed by atoms with Gasteiger partial charge in [-0.05, 0) is 26.3 Å². The van der Waals surface area contributed by atoms with Gasteiger partial charge < -0.3 is 9.69 Å². The quantitative estimate of drug-likeness (QED) is 0.647. The number of hydrogen-bond donors (Lipinski definition) is 0. The lowest BCUT2D eigenvalue weighted by molar-refractivity contribution is -0.117. The summed E-state index contributed by atoms with van der Waals surface area (Å²) in [6.45, 7) is 5.35. The highest BCUT2D eigenvalue weighted by atomic mass is 32.2. The van der Waals surface area contributed by atoms with Gasteiger partial charge in [-0.1, -0.05) is 0 Å². The molecule has 6 heteroatoms. The number of hydrogen-bond acceptors (Lipinski definition) is 4. The number of rotatable bonds is 6. The molecule has 0 aliphatic carbocycles. The van der Waals surface area contributed by atoms with Crippen LogP contribution in [0.1, 0.15) is 26.2 Å². The molecule has 5 nitrogen and oxygen atoms in total. The first kappa shape index (κ1) is 14.6. The molecule has 0 atom stereocenters. The molecule has 0 bridgehead atoms. The van der Waals surface area contributed by atoms with Gasteiger partial charge in [0, 0.05) is 32.6 Å². The van der Waals surface area contributed by atoms with Gasteiger partial charge in [0.1, 0.15) is 5.78 Å². The fraction of sp³-hybridized carbons (Fsp3) is 0.909. The van der Waals surface area contributed by atoms with Gasteiger partial charge in [-0.15, -0.1) is 0 Å². The van der Waals surface area contributed by atoms with Crippen LogP contribution in [0.4, 0.5) is 0 Å². The molecule has 1 aliphatic heterocycles. The van der Waals surface area contributed by atoms with Crippen molar-refractivity contribution < 1.29 is 13.2 Å². The van der Waals surface area contributed by atoms with Crippen LogP contribution in [0.2, 0.25) is 0 Å². The summed E-state index contributed by atoms with van der Waals surface area (Å²) < 4.78 is 24.1. The zero-order valence-electron chi connectivity index (χ0n) is 10.7. The molecule has 0 aromatic carbocycles. The van der Waals surface area contributed by atoms with Crippen LogP contribution in [0.25, 0.3) is 0 Å². The van der Waals surface area contributed by atoms with Crippen LogP contribution >= 0.6 is 0 Å². The Morgan fingerprint density at radius 2 is 1.71 bits per heavy atom. The van der Waals surface area contributed by atoms with E-state index in [1.165, 1.54) is 10.6 Å². The van der Waals surface area contributed by atoms with Crippen molar-refractivity contribution in [1.29, 1.82) is 0 Å². The Kier molecular flexibility index (Phi) is 5.55. The second-order valence-electron chi connectivity index (χ2n) is 4.66. The third-order valence-corrected chi connectivity index (χ3v) is 4.36. The van der Waals surface area contributed by atoms with Crippen molar-refractivity contribution in [3.63, 3.8) is 0 Å². The number of sulfonamides is 1. The number of carbonyl (C=O) groups excluding carboxylic acids is 1. The molecular formula is C11H22N2O3S. The predicted molar refractivity (Wildman–Crippen MR) is 67.4 cm³/mol. The van der Waals surface area contributed by atoms with E-state index in [1.54, 1.807) is 6.92 Å². The van der Waals surface area contributed by atoms with Gasteiger partial charge in [0.15, 0.2) is 0 Å². The molecular weight excluding hydrogens is 240 g/mol. The van der Waals surface area contributed by atoms with Gasteiger partial charge >= 0.3 is 0 Å². The molecule has 1 fully saturated rings. The summed E-state index contributed by atoms with van der Waals surface area (Å²) in [5.74, 6) is 0.242. The van der Waals surface area contributed by atoms with Crippen LogP contribution in [-0.4, -0.2) is 62.4 Å². The minimum absolute atomic E-state index is 0.242. The highest BCUT2D eigenvalue weighted by Crippen LogP contribution is 2.07. The maximum atomic E-state index is 11.3. The van der Waals surface area contributed by atoms with Crippen LogP contribution in [0.15, 0.2) is 0 Å². The molecule has 1 heterocycles. The zero-order valence-corrected chi connectivity index (χ0v) is 11.5. The van der Waals surface area contributed by atoms with Gasteiger partial charge in [-0.25, -0.2) is 8.42 Å². The molecule has 1 rings (SSSR count). The van der Waals surface area contributed by atoms with Gasteiger partial charge in [-0.2, -0.15) is 4.31 Å². The van der Waals surface area contributed by atoms with E-state index in [9.17, 15) is 13.2 Å². The molecule has 1 aliphatic rings. The Morgan fingerprint density at radius 1 is 1.12 bits per heavy atom. The van der Waals surface area contributed by atoms with E-state index in [0.29, 0.717) is 19.5 Å². The largest absolute Gasteiger partial charge is 0.301 e. The highest BCUT2D eigenvalue weighted by molar-refractivity contribution is 7.88.